The van der Waals surface area contributed by atoms with Crippen LogP contribution >= 0.6 is 11.8 Å². The van der Waals surface area contributed by atoms with Gasteiger partial charge in [-0.1, -0.05) is 35.5 Å². The van der Waals surface area contributed by atoms with Crippen LogP contribution in [0.4, 0.5) is 0 Å². The van der Waals surface area contributed by atoms with Crippen molar-refractivity contribution in [2.45, 2.75) is 25.2 Å². The molecule has 1 aromatic carbocycles. The summed E-state index contributed by atoms with van der Waals surface area (Å²) < 4.78 is 1.89. The van der Waals surface area contributed by atoms with Gasteiger partial charge in [0, 0.05) is 43.6 Å². The summed E-state index contributed by atoms with van der Waals surface area (Å²) in [5, 5.41) is 8.92. The molecule has 3 heterocycles. The molecule has 1 amide bonds. The molecule has 0 spiro atoms. The van der Waals surface area contributed by atoms with Crippen LogP contribution in [0.15, 0.2) is 84.8 Å². The minimum Gasteiger partial charge on any atom is -0.333 e. The predicted octanol–water partition coefficient (Wildman–Crippen LogP) is 3.69. The molecule has 31 heavy (non-hydrogen) atoms. The molecule has 0 unspecified atom stereocenters. The molecule has 0 aliphatic carbocycles. The molecule has 4 rings (SSSR count). The number of pyridine rings is 2. The molecule has 7 nitrogen and oxygen atoms in total. The molecule has 0 N–H and O–H groups in total. The Balaban J connectivity index is 1.47. The van der Waals surface area contributed by atoms with Crippen LogP contribution in [0.1, 0.15) is 16.7 Å². The lowest BCUT2D eigenvalue weighted by Gasteiger charge is -2.23. The smallest absolute Gasteiger partial charge is 0.233 e. The predicted molar refractivity (Wildman–Crippen MR) is 120 cm³/mol. The molecule has 156 valence electrons. The first-order valence-corrected chi connectivity index (χ1v) is 10.8. The number of benzene rings is 1. The highest BCUT2D eigenvalue weighted by Gasteiger charge is 2.17. The zero-order chi connectivity index (χ0) is 21.5. The Bertz CT molecular complexity index is 1070. The van der Waals surface area contributed by atoms with Crippen molar-refractivity contribution in [2.24, 2.45) is 0 Å². The summed E-state index contributed by atoms with van der Waals surface area (Å²) in [7, 11) is 0. The SMILES string of the molecule is Cc1ccc(-n2cnnc2SCC(=O)N(Cc2ccncc2)Cc2cccnc2)cc1. The van der Waals surface area contributed by atoms with E-state index in [9.17, 15) is 4.79 Å². The fraction of sp³-hybridized carbons (Fsp3) is 0.174. The lowest BCUT2D eigenvalue weighted by atomic mass is 10.2. The molecule has 0 saturated carbocycles. The fourth-order valence-corrected chi connectivity index (χ4v) is 3.91. The van der Waals surface area contributed by atoms with Crippen LogP contribution in [-0.4, -0.2) is 41.3 Å². The van der Waals surface area contributed by atoms with Gasteiger partial charge in [0.25, 0.3) is 0 Å². The average Bonchev–Trinajstić information content (AvgIpc) is 3.27. The minimum absolute atomic E-state index is 0.0177. The normalized spacial score (nSPS) is 10.7. The summed E-state index contributed by atoms with van der Waals surface area (Å²) >= 11 is 1.38. The van der Waals surface area contributed by atoms with E-state index in [1.807, 2.05) is 64.9 Å². The van der Waals surface area contributed by atoms with Gasteiger partial charge in [-0.3, -0.25) is 19.3 Å². The molecule has 0 aliphatic rings. The molecule has 0 aliphatic heterocycles. The molecule has 0 saturated heterocycles. The van der Waals surface area contributed by atoms with Crippen molar-refractivity contribution < 1.29 is 4.79 Å². The number of thioether (sulfide) groups is 1. The lowest BCUT2D eigenvalue weighted by molar-refractivity contribution is -0.129. The van der Waals surface area contributed by atoms with E-state index in [-0.39, 0.29) is 11.7 Å². The van der Waals surface area contributed by atoms with Crippen molar-refractivity contribution in [1.29, 1.82) is 0 Å². The van der Waals surface area contributed by atoms with Crippen LogP contribution in [0.5, 0.6) is 0 Å². The van der Waals surface area contributed by atoms with Gasteiger partial charge in [0.2, 0.25) is 5.91 Å². The quantitative estimate of drug-likeness (QED) is 0.397. The number of nitrogens with zero attached hydrogens (tertiary/aromatic N) is 6. The molecule has 0 radical (unpaired) electrons. The van der Waals surface area contributed by atoms with Crippen molar-refractivity contribution in [3.63, 3.8) is 0 Å². The molecule has 3 aromatic heterocycles. The maximum Gasteiger partial charge on any atom is 0.233 e. The second-order valence-electron chi connectivity index (χ2n) is 7.07. The highest BCUT2D eigenvalue weighted by Crippen LogP contribution is 2.21. The molecular formula is C23H22N6OS. The van der Waals surface area contributed by atoms with E-state index in [0.717, 1.165) is 16.8 Å². The Morgan fingerprint density at radius 2 is 1.74 bits per heavy atom. The van der Waals surface area contributed by atoms with E-state index in [2.05, 4.69) is 20.2 Å². The third kappa shape index (κ3) is 5.55. The third-order valence-electron chi connectivity index (χ3n) is 4.73. The third-order valence-corrected chi connectivity index (χ3v) is 5.65. The van der Waals surface area contributed by atoms with E-state index in [1.165, 1.54) is 17.3 Å². The average molecular weight is 431 g/mol. The van der Waals surface area contributed by atoms with Gasteiger partial charge in [-0.25, -0.2) is 0 Å². The molecule has 0 bridgehead atoms. The second-order valence-corrected chi connectivity index (χ2v) is 8.02. The maximum atomic E-state index is 13.2. The van der Waals surface area contributed by atoms with Crippen molar-refractivity contribution in [3.05, 3.63) is 96.3 Å². The molecule has 4 aromatic rings. The van der Waals surface area contributed by atoms with E-state index in [1.54, 1.807) is 31.1 Å². The first-order chi connectivity index (χ1) is 15.2. The van der Waals surface area contributed by atoms with Gasteiger partial charge in [0.05, 0.1) is 5.75 Å². The van der Waals surface area contributed by atoms with Crippen LogP contribution in [0.2, 0.25) is 0 Å². The van der Waals surface area contributed by atoms with Crippen molar-refractivity contribution >= 4 is 17.7 Å². The van der Waals surface area contributed by atoms with Gasteiger partial charge < -0.3 is 4.90 Å². The van der Waals surface area contributed by atoms with Gasteiger partial charge >= 0.3 is 0 Å². The Labute approximate surface area is 185 Å². The van der Waals surface area contributed by atoms with Gasteiger partial charge in [-0.05, 0) is 48.4 Å². The van der Waals surface area contributed by atoms with Gasteiger partial charge in [-0.2, -0.15) is 0 Å². The Morgan fingerprint density at radius 1 is 0.968 bits per heavy atom. The van der Waals surface area contributed by atoms with E-state index in [0.29, 0.717) is 18.2 Å². The molecule has 0 fully saturated rings. The van der Waals surface area contributed by atoms with E-state index in [4.69, 9.17) is 0 Å². The Kier molecular flexibility index (Phi) is 6.68. The highest BCUT2D eigenvalue weighted by atomic mass is 32.2. The summed E-state index contributed by atoms with van der Waals surface area (Å²) in [4.78, 5) is 23.2. The Morgan fingerprint density at radius 3 is 2.48 bits per heavy atom. The number of hydrogen-bond acceptors (Lipinski definition) is 6. The van der Waals surface area contributed by atoms with Gasteiger partial charge in [-0.15, -0.1) is 10.2 Å². The summed E-state index contributed by atoms with van der Waals surface area (Å²) in [6.07, 6.45) is 8.66. The molecular weight excluding hydrogens is 408 g/mol. The van der Waals surface area contributed by atoms with E-state index >= 15 is 0 Å². The van der Waals surface area contributed by atoms with Crippen LogP contribution in [-0.2, 0) is 17.9 Å². The first kappa shape index (κ1) is 20.7. The van der Waals surface area contributed by atoms with Gasteiger partial charge in [0.15, 0.2) is 5.16 Å². The number of carbonyl (C=O) groups excluding carboxylic acids is 1. The summed E-state index contributed by atoms with van der Waals surface area (Å²) in [5.74, 6) is 0.278. The zero-order valence-electron chi connectivity index (χ0n) is 17.1. The van der Waals surface area contributed by atoms with Crippen LogP contribution in [0.3, 0.4) is 0 Å². The minimum atomic E-state index is 0.0177. The van der Waals surface area contributed by atoms with Crippen LogP contribution < -0.4 is 0 Å². The standard InChI is InChI=1S/C23H22N6OS/c1-18-4-6-21(7-5-18)29-17-26-27-23(29)31-16-22(30)28(14-19-8-11-24-12-9-19)15-20-3-2-10-25-13-20/h2-13,17H,14-16H2,1H3. The number of aromatic nitrogens is 5. The lowest BCUT2D eigenvalue weighted by Crippen LogP contribution is -2.31. The van der Waals surface area contributed by atoms with Crippen LogP contribution in [0, 0.1) is 6.92 Å². The number of rotatable bonds is 8. The van der Waals surface area contributed by atoms with Gasteiger partial charge in [0.1, 0.15) is 6.33 Å². The van der Waals surface area contributed by atoms with Crippen LogP contribution in [0.25, 0.3) is 5.69 Å². The summed E-state index contributed by atoms with van der Waals surface area (Å²) in [6, 6.07) is 15.8. The van der Waals surface area contributed by atoms with Crippen molar-refractivity contribution in [2.75, 3.05) is 5.75 Å². The number of amides is 1. The Hall–Kier alpha value is -3.52. The van der Waals surface area contributed by atoms with E-state index < -0.39 is 0 Å². The first-order valence-electron chi connectivity index (χ1n) is 9.84. The topological polar surface area (TPSA) is 76.8 Å². The van der Waals surface area contributed by atoms with Crippen molar-refractivity contribution in [3.8, 4) is 5.69 Å². The largest absolute Gasteiger partial charge is 0.333 e. The molecule has 0 atom stereocenters. The monoisotopic (exact) mass is 430 g/mol. The molecule has 8 heteroatoms. The number of hydrogen-bond donors (Lipinski definition) is 0. The zero-order valence-corrected chi connectivity index (χ0v) is 17.9. The van der Waals surface area contributed by atoms with Crippen molar-refractivity contribution in [1.82, 2.24) is 29.6 Å². The maximum absolute atomic E-state index is 13.2. The highest BCUT2D eigenvalue weighted by molar-refractivity contribution is 7.99. The summed E-state index contributed by atoms with van der Waals surface area (Å²) in [6.45, 7) is 3.03. The number of aryl methyl sites for hydroxylation is 1. The fourth-order valence-electron chi connectivity index (χ4n) is 3.08. The summed E-state index contributed by atoms with van der Waals surface area (Å²) in [5.41, 5.74) is 4.16. The second kappa shape index (κ2) is 9.99. The number of carbonyl (C=O) groups is 1.